The normalized spacial score (nSPS) is 10.0. The average Bonchev–Trinajstić information content (AvgIpc) is 2.48. The van der Waals surface area contributed by atoms with Gasteiger partial charge in [-0.2, -0.15) is 0 Å². The van der Waals surface area contributed by atoms with Crippen LogP contribution in [0.5, 0.6) is 0 Å². The van der Waals surface area contributed by atoms with Crippen molar-refractivity contribution in [1.29, 1.82) is 0 Å². The third-order valence-corrected chi connectivity index (χ3v) is 3.29. The van der Waals surface area contributed by atoms with Crippen LogP contribution in [0.2, 0.25) is 0 Å². The summed E-state index contributed by atoms with van der Waals surface area (Å²) in [4.78, 5) is 23.7. The Morgan fingerprint density at radius 2 is 1.71 bits per heavy atom. The maximum Gasteiger partial charge on any atom is 0.337 e. The highest BCUT2D eigenvalue weighted by Gasteiger charge is 2.12. The first kappa shape index (κ1) is 14.8. The van der Waals surface area contributed by atoms with Gasteiger partial charge in [-0.3, -0.25) is 4.79 Å². The highest BCUT2D eigenvalue weighted by atomic mass is 16.5. The van der Waals surface area contributed by atoms with E-state index in [4.69, 9.17) is 0 Å². The van der Waals surface area contributed by atoms with E-state index in [1.165, 1.54) is 7.11 Å². The number of hydrogen-bond donors (Lipinski definition) is 1. The molecule has 2 aromatic carbocycles. The third-order valence-electron chi connectivity index (χ3n) is 3.29. The lowest BCUT2D eigenvalue weighted by Gasteiger charge is -2.11. The Hall–Kier alpha value is -2.62. The molecule has 0 spiro atoms. The van der Waals surface area contributed by atoms with Crippen molar-refractivity contribution in [2.75, 3.05) is 12.4 Å². The molecule has 0 saturated carbocycles. The topological polar surface area (TPSA) is 55.4 Å². The quantitative estimate of drug-likeness (QED) is 0.879. The SMILES string of the molecule is COC(=O)c1ccc(NC(=O)c2ccccc2C)c(C)c1. The highest BCUT2D eigenvalue weighted by molar-refractivity contribution is 6.05. The lowest BCUT2D eigenvalue weighted by atomic mass is 10.1. The molecule has 0 aliphatic carbocycles. The van der Waals surface area contributed by atoms with Crippen molar-refractivity contribution < 1.29 is 14.3 Å². The summed E-state index contributed by atoms with van der Waals surface area (Å²) in [5.41, 5.74) is 3.49. The average molecular weight is 283 g/mol. The van der Waals surface area contributed by atoms with Gasteiger partial charge >= 0.3 is 5.97 Å². The van der Waals surface area contributed by atoms with E-state index in [2.05, 4.69) is 10.1 Å². The molecule has 4 heteroatoms. The van der Waals surface area contributed by atoms with Crippen LogP contribution in [0, 0.1) is 13.8 Å². The molecule has 0 radical (unpaired) electrons. The molecule has 0 unspecified atom stereocenters. The Morgan fingerprint density at radius 1 is 1.00 bits per heavy atom. The predicted molar refractivity (Wildman–Crippen MR) is 81.7 cm³/mol. The minimum atomic E-state index is -0.394. The fourth-order valence-electron chi connectivity index (χ4n) is 2.07. The molecule has 0 heterocycles. The number of aryl methyl sites for hydroxylation is 2. The summed E-state index contributed by atoms with van der Waals surface area (Å²) in [5.74, 6) is -0.558. The second-order valence-corrected chi connectivity index (χ2v) is 4.79. The van der Waals surface area contributed by atoms with Gasteiger partial charge in [-0.25, -0.2) is 4.79 Å². The van der Waals surface area contributed by atoms with Crippen LogP contribution in [0.4, 0.5) is 5.69 Å². The summed E-state index contributed by atoms with van der Waals surface area (Å²) < 4.78 is 4.67. The molecular weight excluding hydrogens is 266 g/mol. The molecule has 0 aromatic heterocycles. The number of ether oxygens (including phenoxy) is 1. The molecule has 0 saturated heterocycles. The Balaban J connectivity index is 2.22. The van der Waals surface area contributed by atoms with E-state index < -0.39 is 5.97 Å². The van der Waals surface area contributed by atoms with Crippen LogP contribution in [-0.2, 0) is 4.74 Å². The van der Waals surface area contributed by atoms with E-state index in [1.807, 2.05) is 32.0 Å². The molecule has 0 bridgehead atoms. The van der Waals surface area contributed by atoms with Gasteiger partial charge in [0.25, 0.3) is 5.91 Å². The monoisotopic (exact) mass is 283 g/mol. The van der Waals surface area contributed by atoms with Crippen molar-refractivity contribution in [1.82, 2.24) is 0 Å². The zero-order valence-corrected chi connectivity index (χ0v) is 12.3. The Kier molecular flexibility index (Phi) is 4.38. The number of methoxy groups -OCH3 is 1. The van der Waals surface area contributed by atoms with E-state index in [0.717, 1.165) is 11.1 Å². The molecular formula is C17H17NO3. The van der Waals surface area contributed by atoms with Gasteiger partial charge in [-0.1, -0.05) is 18.2 Å². The van der Waals surface area contributed by atoms with Crippen LogP contribution in [-0.4, -0.2) is 19.0 Å². The number of anilines is 1. The van der Waals surface area contributed by atoms with Crippen molar-refractivity contribution in [3.63, 3.8) is 0 Å². The van der Waals surface area contributed by atoms with E-state index in [0.29, 0.717) is 16.8 Å². The fourth-order valence-corrected chi connectivity index (χ4v) is 2.07. The highest BCUT2D eigenvalue weighted by Crippen LogP contribution is 2.19. The van der Waals surface area contributed by atoms with E-state index >= 15 is 0 Å². The number of nitrogens with one attached hydrogen (secondary N) is 1. The standard InChI is InChI=1S/C17H17NO3/c1-11-6-4-5-7-14(11)16(19)18-15-9-8-13(10-12(15)2)17(20)21-3/h4-10H,1-3H3,(H,18,19). The summed E-state index contributed by atoms with van der Waals surface area (Å²) in [6, 6.07) is 12.4. The molecule has 0 fully saturated rings. The molecule has 2 aromatic rings. The van der Waals surface area contributed by atoms with Gasteiger partial charge in [-0.15, -0.1) is 0 Å². The van der Waals surface area contributed by atoms with Gasteiger partial charge in [-0.05, 0) is 49.2 Å². The minimum Gasteiger partial charge on any atom is -0.465 e. The molecule has 108 valence electrons. The number of esters is 1. The van der Waals surface area contributed by atoms with Gasteiger partial charge < -0.3 is 10.1 Å². The lowest BCUT2D eigenvalue weighted by Crippen LogP contribution is -2.14. The molecule has 1 N–H and O–H groups in total. The summed E-state index contributed by atoms with van der Waals surface area (Å²) in [7, 11) is 1.34. The van der Waals surface area contributed by atoms with Gasteiger partial charge in [0.2, 0.25) is 0 Å². The zero-order valence-electron chi connectivity index (χ0n) is 12.3. The Bertz CT molecular complexity index is 692. The number of benzene rings is 2. The van der Waals surface area contributed by atoms with Gasteiger partial charge in [0.05, 0.1) is 12.7 Å². The van der Waals surface area contributed by atoms with E-state index in [1.54, 1.807) is 24.3 Å². The van der Waals surface area contributed by atoms with E-state index in [9.17, 15) is 9.59 Å². The van der Waals surface area contributed by atoms with Crippen molar-refractivity contribution in [3.05, 3.63) is 64.7 Å². The molecule has 21 heavy (non-hydrogen) atoms. The molecule has 0 atom stereocenters. The van der Waals surface area contributed by atoms with Crippen molar-refractivity contribution in [3.8, 4) is 0 Å². The number of carbonyl (C=O) groups excluding carboxylic acids is 2. The zero-order chi connectivity index (χ0) is 15.4. The first-order valence-electron chi connectivity index (χ1n) is 6.59. The van der Waals surface area contributed by atoms with Crippen molar-refractivity contribution >= 4 is 17.6 Å². The van der Waals surface area contributed by atoms with Crippen LogP contribution in [0.1, 0.15) is 31.8 Å². The van der Waals surface area contributed by atoms with Crippen LogP contribution in [0.3, 0.4) is 0 Å². The molecule has 0 aliphatic heterocycles. The second-order valence-electron chi connectivity index (χ2n) is 4.79. The van der Waals surface area contributed by atoms with Crippen LogP contribution in [0.15, 0.2) is 42.5 Å². The molecule has 1 amide bonds. The van der Waals surface area contributed by atoms with Crippen LogP contribution >= 0.6 is 0 Å². The smallest absolute Gasteiger partial charge is 0.337 e. The van der Waals surface area contributed by atoms with Crippen molar-refractivity contribution in [2.45, 2.75) is 13.8 Å². The van der Waals surface area contributed by atoms with Crippen molar-refractivity contribution in [2.24, 2.45) is 0 Å². The first-order valence-corrected chi connectivity index (χ1v) is 6.59. The molecule has 0 aliphatic rings. The summed E-state index contributed by atoms with van der Waals surface area (Å²) in [6.07, 6.45) is 0. The minimum absolute atomic E-state index is 0.165. The summed E-state index contributed by atoms with van der Waals surface area (Å²) in [6.45, 7) is 3.72. The second kappa shape index (κ2) is 6.22. The number of amides is 1. The van der Waals surface area contributed by atoms with Gasteiger partial charge in [0.15, 0.2) is 0 Å². The Morgan fingerprint density at radius 3 is 2.33 bits per heavy atom. The molecule has 2 rings (SSSR count). The third kappa shape index (κ3) is 3.28. The predicted octanol–water partition coefficient (Wildman–Crippen LogP) is 3.34. The fraction of sp³-hybridized carbons (Fsp3) is 0.176. The first-order chi connectivity index (χ1) is 10.0. The Labute approximate surface area is 123 Å². The van der Waals surface area contributed by atoms with Crippen LogP contribution < -0.4 is 5.32 Å². The summed E-state index contributed by atoms with van der Waals surface area (Å²) >= 11 is 0. The summed E-state index contributed by atoms with van der Waals surface area (Å²) in [5, 5.41) is 2.86. The number of hydrogen-bond acceptors (Lipinski definition) is 3. The van der Waals surface area contributed by atoms with E-state index in [-0.39, 0.29) is 5.91 Å². The van der Waals surface area contributed by atoms with Gasteiger partial charge in [0.1, 0.15) is 0 Å². The lowest BCUT2D eigenvalue weighted by molar-refractivity contribution is 0.0600. The number of carbonyl (C=O) groups is 2. The molecule has 4 nitrogen and oxygen atoms in total. The maximum absolute atomic E-state index is 12.3. The maximum atomic E-state index is 12.3. The largest absolute Gasteiger partial charge is 0.465 e. The van der Waals surface area contributed by atoms with Crippen LogP contribution in [0.25, 0.3) is 0 Å². The number of rotatable bonds is 3. The van der Waals surface area contributed by atoms with Gasteiger partial charge in [0, 0.05) is 11.3 Å².